The summed E-state index contributed by atoms with van der Waals surface area (Å²) in [5.74, 6) is -0.354. The third-order valence-corrected chi connectivity index (χ3v) is 6.11. The van der Waals surface area contributed by atoms with E-state index in [0.29, 0.717) is 11.3 Å². The van der Waals surface area contributed by atoms with Gasteiger partial charge in [-0.05, 0) is 61.6 Å². The van der Waals surface area contributed by atoms with Crippen LogP contribution in [-0.4, -0.2) is 11.8 Å². The van der Waals surface area contributed by atoms with Crippen LogP contribution in [0.4, 0.5) is 0 Å². The molecule has 0 aliphatic heterocycles. The molecule has 0 unspecified atom stereocenters. The summed E-state index contributed by atoms with van der Waals surface area (Å²) in [7, 11) is 0. The molecule has 0 aromatic carbocycles. The molecule has 3 rings (SSSR count). The number of carbonyl (C=O) groups is 2. The summed E-state index contributed by atoms with van der Waals surface area (Å²) in [6, 6.07) is 6.06. The van der Waals surface area contributed by atoms with Gasteiger partial charge in [0.15, 0.2) is 0 Å². The van der Waals surface area contributed by atoms with E-state index in [2.05, 4.69) is 16.9 Å². The number of hydrogen-bond donors (Lipinski definition) is 2. The molecule has 4 nitrogen and oxygen atoms in total. The molecule has 1 aliphatic rings. The molecule has 0 saturated heterocycles. The Morgan fingerprint density at radius 3 is 2.83 bits per heavy atom. The lowest BCUT2D eigenvalue weighted by Gasteiger charge is -2.08. The van der Waals surface area contributed by atoms with Gasteiger partial charge in [0.1, 0.15) is 0 Å². The largest absolute Gasteiger partial charge is 0.279 e. The molecule has 2 aromatic heterocycles. The van der Waals surface area contributed by atoms with Crippen molar-refractivity contribution in [2.24, 2.45) is 0 Å². The number of thiophene rings is 2. The van der Waals surface area contributed by atoms with Gasteiger partial charge in [-0.2, -0.15) is 0 Å². The summed E-state index contributed by atoms with van der Waals surface area (Å²) in [6.07, 6.45) is 6.64. The highest BCUT2D eigenvalue weighted by atomic mass is 32.1. The van der Waals surface area contributed by atoms with Crippen LogP contribution in [0.25, 0.3) is 0 Å². The van der Waals surface area contributed by atoms with Gasteiger partial charge in [0.05, 0.1) is 4.88 Å². The van der Waals surface area contributed by atoms with E-state index in [1.165, 1.54) is 28.2 Å². The van der Waals surface area contributed by atoms with E-state index in [-0.39, 0.29) is 11.8 Å². The van der Waals surface area contributed by atoms with Gasteiger partial charge in [-0.3, -0.25) is 20.4 Å². The van der Waals surface area contributed by atoms with Crippen LogP contribution < -0.4 is 10.9 Å². The Hall–Kier alpha value is -1.66. The number of carbonyl (C=O) groups excluding carboxylic acids is 2. The number of aryl methyl sites for hydroxylation is 3. The Labute approximate surface area is 143 Å². The average molecular weight is 348 g/mol. The fourth-order valence-corrected chi connectivity index (χ4v) is 4.63. The van der Waals surface area contributed by atoms with Crippen molar-refractivity contribution in [3.8, 4) is 0 Å². The first-order chi connectivity index (χ1) is 11.2. The first-order valence-corrected chi connectivity index (χ1v) is 9.65. The lowest BCUT2D eigenvalue weighted by molar-refractivity contribution is -0.121. The zero-order valence-electron chi connectivity index (χ0n) is 12.9. The van der Waals surface area contributed by atoms with Crippen molar-refractivity contribution in [3.05, 3.63) is 43.8 Å². The van der Waals surface area contributed by atoms with E-state index in [1.54, 1.807) is 22.7 Å². The second-order valence-corrected chi connectivity index (χ2v) is 7.87. The van der Waals surface area contributed by atoms with Crippen molar-refractivity contribution < 1.29 is 9.59 Å². The minimum Gasteiger partial charge on any atom is -0.273 e. The molecule has 2 heterocycles. The summed E-state index contributed by atoms with van der Waals surface area (Å²) < 4.78 is 0. The predicted octanol–water partition coefficient (Wildman–Crippen LogP) is 3.47. The van der Waals surface area contributed by atoms with Gasteiger partial charge < -0.3 is 0 Å². The summed E-state index contributed by atoms with van der Waals surface area (Å²) in [4.78, 5) is 27.2. The van der Waals surface area contributed by atoms with E-state index in [0.717, 1.165) is 25.7 Å². The van der Waals surface area contributed by atoms with Crippen molar-refractivity contribution in [2.45, 2.75) is 44.9 Å². The fraction of sp³-hybridized carbons (Fsp3) is 0.412. The van der Waals surface area contributed by atoms with Crippen LogP contribution in [0.3, 0.4) is 0 Å². The maximum absolute atomic E-state index is 12.1. The molecule has 0 spiro atoms. The second-order valence-electron chi connectivity index (χ2n) is 5.70. The molecule has 2 N–H and O–H groups in total. The number of amides is 2. The molecule has 122 valence electrons. The number of hydrazine groups is 1. The van der Waals surface area contributed by atoms with Crippen LogP contribution in [0.5, 0.6) is 0 Å². The van der Waals surface area contributed by atoms with Crippen LogP contribution in [0, 0.1) is 0 Å². The fourth-order valence-electron chi connectivity index (χ4n) is 2.73. The molecular formula is C17H20N2O2S2. The van der Waals surface area contributed by atoms with E-state index < -0.39 is 0 Å². The van der Waals surface area contributed by atoms with Gasteiger partial charge in [0.2, 0.25) is 5.91 Å². The van der Waals surface area contributed by atoms with Crippen LogP contribution in [-0.2, 0) is 24.1 Å². The third-order valence-electron chi connectivity index (χ3n) is 3.94. The van der Waals surface area contributed by atoms with Gasteiger partial charge in [-0.25, -0.2) is 0 Å². The van der Waals surface area contributed by atoms with Crippen LogP contribution in [0.2, 0.25) is 0 Å². The zero-order valence-corrected chi connectivity index (χ0v) is 14.5. The zero-order chi connectivity index (χ0) is 16.1. The van der Waals surface area contributed by atoms with Gasteiger partial charge in [-0.15, -0.1) is 22.7 Å². The van der Waals surface area contributed by atoms with Gasteiger partial charge in [-0.1, -0.05) is 6.07 Å². The number of rotatable bonds is 5. The molecule has 0 atom stereocenters. The number of hydrogen-bond acceptors (Lipinski definition) is 4. The Bertz CT molecular complexity index is 653. The molecule has 0 saturated carbocycles. The maximum Gasteiger partial charge on any atom is 0.279 e. The van der Waals surface area contributed by atoms with Crippen molar-refractivity contribution in [3.63, 3.8) is 0 Å². The Morgan fingerprint density at radius 1 is 1.17 bits per heavy atom. The molecule has 2 aromatic rings. The Morgan fingerprint density at radius 2 is 2.04 bits per heavy atom. The molecule has 0 bridgehead atoms. The van der Waals surface area contributed by atoms with Gasteiger partial charge >= 0.3 is 0 Å². The van der Waals surface area contributed by atoms with E-state index >= 15 is 0 Å². The summed E-state index contributed by atoms with van der Waals surface area (Å²) in [5.41, 5.74) is 6.34. The molecular weight excluding hydrogens is 328 g/mol. The number of nitrogens with one attached hydrogen (secondary N) is 2. The SMILES string of the molecule is O=C(CCCc1cccs1)NNC(=O)c1cc2c(s1)CCCC2. The predicted molar refractivity (Wildman–Crippen MR) is 93.8 cm³/mol. The normalized spacial score (nSPS) is 13.4. The maximum atomic E-state index is 12.1. The molecule has 1 aliphatic carbocycles. The number of fused-ring (bicyclic) bond motifs is 1. The minimum absolute atomic E-state index is 0.142. The lowest BCUT2D eigenvalue weighted by atomic mass is 9.99. The quantitative estimate of drug-likeness (QED) is 0.813. The van der Waals surface area contributed by atoms with E-state index in [1.807, 2.05) is 17.5 Å². The van der Waals surface area contributed by atoms with Crippen molar-refractivity contribution in [2.75, 3.05) is 0 Å². The van der Waals surface area contributed by atoms with E-state index in [4.69, 9.17) is 0 Å². The smallest absolute Gasteiger partial charge is 0.273 e. The Kier molecular flexibility index (Phi) is 5.46. The first kappa shape index (κ1) is 16.2. The standard InChI is InChI=1S/C17H20N2O2S2/c20-16(9-3-6-13-7-4-10-22-13)18-19-17(21)15-11-12-5-1-2-8-14(12)23-15/h4,7,10-11H,1-3,5-6,8-9H2,(H,18,20)(H,19,21). The molecule has 0 radical (unpaired) electrons. The van der Waals surface area contributed by atoms with Crippen LogP contribution in [0.1, 0.15) is 50.7 Å². The highest BCUT2D eigenvalue weighted by Crippen LogP contribution is 2.29. The van der Waals surface area contributed by atoms with Crippen molar-refractivity contribution in [1.29, 1.82) is 0 Å². The van der Waals surface area contributed by atoms with Gasteiger partial charge in [0, 0.05) is 16.2 Å². The molecule has 0 fully saturated rings. The molecule has 6 heteroatoms. The van der Waals surface area contributed by atoms with Crippen molar-refractivity contribution >= 4 is 34.5 Å². The first-order valence-electron chi connectivity index (χ1n) is 7.95. The van der Waals surface area contributed by atoms with Gasteiger partial charge in [0.25, 0.3) is 5.91 Å². The summed E-state index contributed by atoms with van der Waals surface area (Å²) >= 11 is 3.25. The highest BCUT2D eigenvalue weighted by Gasteiger charge is 2.17. The second kappa shape index (κ2) is 7.75. The third kappa shape index (κ3) is 4.42. The van der Waals surface area contributed by atoms with Crippen LogP contribution in [0.15, 0.2) is 23.6 Å². The lowest BCUT2D eigenvalue weighted by Crippen LogP contribution is -2.41. The summed E-state index contributed by atoms with van der Waals surface area (Å²) in [5, 5.41) is 2.04. The molecule has 2 amide bonds. The molecule has 23 heavy (non-hydrogen) atoms. The summed E-state index contributed by atoms with van der Waals surface area (Å²) in [6.45, 7) is 0. The topological polar surface area (TPSA) is 58.2 Å². The average Bonchev–Trinajstić information content (AvgIpc) is 3.21. The van der Waals surface area contributed by atoms with Crippen molar-refractivity contribution in [1.82, 2.24) is 10.9 Å². The highest BCUT2D eigenvalue weighted by molar-refractivity contribution is 7.14. The monoisotopic (exact) mass is 348 g/mol. The Balaban J connectivity index is 1.41. The van der Waals surface area contributed by atoms with E-state index in [9.17, 15) is 9.59 Å². The van der Waals surface area contributed by atoms with Crippen LogP contribution >= 0.6 is 22.7 Å². The minimum atomic E-state index is -0.212.